The summed E-state index contributed by atoms with van der Waals surface area (Å²) >= 11 is 11.8. The van der Waals surface area contributed by atoms with Gasteiger partial charge in [0.15, 0.2) is 5.75 Å². The lowest BCUT2D eigenvalue weighted by atomic mass is 9.88. The summed E-state index contributed by atoms with van der Waals surface area (Å²) in [6.45, 7) is 0.548. The minimum absolute atomic E-state index is 0.113. The molecule has 0 saturated heterocycles. The second kappa shape index (κ2) is 9.63. The van der Waals surface area contributed by atoms with Crippen LogP contribution in [-0.2, 0) is 11.2 Å². The summed E-state index contributed by atoms with van der Waals surface area (Å²) in [7, 11) is 0. The summed E-state index contributed by atoms with van der Waals surface area (Å²) in [5.41, 5.74) is 3.10. The highest BCUT2D eigenvalue weighted by Gasteiger charge is 2.15. The number of hydrogen-bond acceptors (Lipinski definition) is 2. The normalized spacial score (nSPS) is 10.8. The van der Waals surface area contributed by atoms with Gasteiger partial charge in [-0.1, -0.05) is 83.9 Å². The van der Waals surface area contributed by atoms with Gasteiger partial charge in [0.25, 0.3) is 0 Å². The van der Waals surface area contributed by atoms with E-state index in [1.54, 1.807) is 12.1 Å². The van der Waals surface area contributed by atoms with Crippen LogP contribution in [0.2, 0.25) is 10.0 Å². The standard InChI is InChI=1S/C23H21Cl2NO2/c24-20-13-16(14-21(25)23(20)28)15-22(27)26-12-11-19(17-7-3-1-4-8-17)18-9-5-2-6-10-18/h1-10,13-14,19,28H,11-12,15H2,(H,26,27). The Hall–Kier alpha value is -2.49. The van der Waals surface area contributed by atoms with Crippen molar-refractivity contribution in [3.8, 4) is 5.75 Å². The van der Waals surface area contributed by atoms with E-state index in [0.29, 0.717) is 12.1 Å². The van der Waals surface area contributed by atoms with Crippen LogP contribution in [0.5, 0.6) is 5.75 Å². The zero-order chi connectivity index (χ0) is 19.9. The topological polar surface area (TPSA) is 49.3 Å². The van der Waals surface area contributed by atoms with E-state index in [0.717, 1.165) is 6.42 Å². The monoisotopic (exact) mass is 413 g/mol. The van der Waals surface area contributed by atoms with Gasteiger partial charge in [-0.05, 0) is 35.2 Å². The van der Waals surface area contributed by atoms with Crippen molar-refractivity contribution in [2.75, 3.05) is 6.54 Å². The Bertz CT molecular complexity index is 867. The SMILES string of the molecule is O=C(Cc1cc(Cl)c(O)c(Cl)c1)NCCC(c1ccccc1)c1ccccc1. The molecule has 0 atom stereocenters. The van der Waals surface area contributed by atoms with Crippen LogP contribution in [0, 0.1) is 0 Å². The van der Waals surface area contributed by atoms with Crippen molar-refractivity contribution in [2.45, 2.75) is 18.8 Å². The average molecular weight is 414 g/mol. The summed E-state index contributed by atoms with van der Waals surface area (Å²) in [4.78, 5) is 12.3. The molecule has 0 saturated carbocycles. The van der Waals surface area contributed by atoms with Crippen molar-refractivity contribution < 1.29 is 9.90 Å². The number of halogens is 2. The fourth-order valence-electron chi connectivity index (χ4n) is 3.22. The summed E-state index contributed by atoms with van der Waals surface area (Å²) in [6, 6.07) is 23.7. The molecule has 28 heavy (non-hydrogen) atoms. The predicted octanol–water partition coefficient (Wildman–Crippen LogP) is 5.58. The molecule has 0 spiro atoms. The predicted molar refractivity (Wildman–Crippen MR) is 114 cm³/mol. The van der Waals surface area contributed by atoms with Crippen LogP contribution >= 0.6 is 23.2 Å². The Morgan fingerprint density at radius 2 is 1.39 bits per heavy atom. The van der Waals surface area contributed by atoms with E-state index in [1.165, 1.54) is 11.1 Å². The van der Waals surface area contributed by atoms with Gasteiger partial charge in [0.05, 0.1) is 16.5 Å². The fraction of sp³-hybridized carbons (Fsp3) is 0.174. The first-order valence-corrected chi connectivity index (χ1v) is 9.83. The molecule has 0 radical (unpaired) electrons. The number of carbonyl (C=O) groups is 1. The third-order valence-electron chi connectivity index (χ3n) is 4.60. The number of aromatic hydroxyl groups is 1. The molecule has 0 fully saturated rings. The number of amides is 1. The van der Waals surface area contributed by atoms with Gasteiger partial charge in [0, 0.05) is 12.5 Å². The van der Waals surface area contributed by atoms with Crippen LogP contribution < -0.4 is 5.32 Å². The Balaban J connectivity index is 1.62. The number of phenolic OH excluding ortho intramolecular Hbond substituents is 1. The van der Waals surface area contributed by atoms with Crippen molar-refractivity contribution in [2.24, 2.45) is 0 Å². The van der Waals surface area contributed by atoms with E-state index in [2.05, 4.69) is 29.6 Å². The maximum Gasteiger partial charge on any atom is 0.224 e. The van der Waals surface area contributed by atoms with E-state index >= 15 is 0 Å². The summed E-state index contributed by atoms with van der Waals surface area (Å²) in [5.74, 6) is -0.0704. The molecule has 144 valence electrons. The van der Waals surface area contributed by atoms with Gasteiger partial charge in [-0.2, -0.15) is 0 Å². The average Bonchev–Trinajstić information content (AvgIpc) is 2.70. The third kappa shape index (κ3) is 5.28. The smallest absolute Gasteiger partial charge is 0.224 e. The lowest BCUT2D eigenvalue weighted by molar-refractivity contribution is -0.120. The maximum absolute atomic E-state index is 12.3. The van der Waals surface area contributed by atoms with Gasteiger partial charge in [0.2, 0.25) is 5.91 Å². The highest BCUT2D eigenvalue weighted by Crippen LogP contribution is 2.33. The van der Waals surface area contributed by atoms with Crippen molar-refractivity contribution in [3.63, 3.8) is 0 Å². The van der Waals surface area contributed by atoms with Crippen LogP contribution in [0.4, 0.5) is 0 Å². The maximum atomic E-state index is 12.3. The van der Waals surface area contributed by atoms with Crippen molar-refractivity contribution >= 4 is 29.1 Å². The lowest BCUT2D eigenvalue weighted by Crippen LogP contribution is -2.27. The molecule has 0 aliphatic rings. The lowest BCUT2D eigenvalue weighted by Gasteiger charge is -2.18. The number of nitrogens with one attached hydrogen (secondary N) is 1. The molecule has 0 heterocycles. The molecule has 0 aromatic heterocycles. The first-order valence-electron chi connectivity index (χ1n) is 9.08. The highest BCUT2D eigenvalue weighted by molar-refractivity contribution is 6.37. The molecule has 0 aliphatic carbocycles. The molecule has 0 unspecified atom stereocenters. The minimum Gasteiger partial charge on any atom is -0.505 e. The molecule has 0 aliphatic heterocycles. The second-order valence-corrected chi connectivity index (χ2v) is 7.41. The largest absolute Gasteiger partial charge is 0.505 e. The van der Waals surface area contributed by atoms with E-state index in [-0.39, 0.29) is 34.0 Å². The van der Waals surface area contributed by atoms with Crippen LogP contribution in [0.1, 0.15) is 29.0 Å². The molecule has 0 bridgehead atoms. The number of benzene rings is 3. The van der Waals surface area contributed by atoms with Gasteiger partial charge < -0.3 is 10.4 Å². The van der Waals surface area contributed by atoms with Gasteiger partial charge >= 0.3 is 0 Å². The van der Waals surface area contributed by atoms with Crippen LogP contribution in [0.3, 0.4) is 0 Å². The zero-order valence-corrected chi connectivity index (χ0v) is 16.8. The fourth-order valence-corrected chi connectivity index (χ4v) is 3.75. The minimum atomic E-state index is -0.166. The van der Waals surface area contributed by atoms with E-state index < -0.39 is 0 Å². The molecule has 3 rings (SSSR count). The second-order valence-electron chi connectivity index (χ2n) is 6.60. The molecule has 5 heteroatoms. The Morgan fingerprint density at radius 1 is 0.893 bits per heavy atom. The van der Waals surface area contributed by atoms with Gasteiger partial charge in [-0.3, -0.25) is 4.79 Å². The quantitative estimate of drug-likeness (QED) is 0.530. The molecular formula is C23H21Cl2NO2. The zero-order valence-electron chi connectivity index (χ0n) is 15.2. The summed E-state index contributed by atoms with van der Waals surface area (Å²) in [5, 5.41) is 12.9. The number of phenols is 1. The Morgan fingerprint density at radius 3 is 1.89 bits per heavy atom. The molecular weight excluding hydrogens is 393 g/mol. The number of hydrogen-bond donors (Lipinski definition) is 2. The Labute approximate surface area is 174 Å². The number of rotatable bonds is 7. The van der Waals surface area contributed by atoms with Gasteiger partial charge in [-0.25, -0.2) is 0 Å². The van der Waals surface area contributed by atoms with Crippen LogP contribution in [0.25, 0.3) is 0 Å². The van der Waals surface area contributed by atoms with E-state index in [4.69, 9.17) is 23.2 Å². The molecule has 3 aromatic rings. The first kappa shape index (κ1) is 20.2. The summed E-state index contributed by atoms with van der Waals surface area (Å²) < 4.78 is 0. The Kier molecular flexibility index (Phi) is 6.96. The van der Waals surface area contributed by atoms with Gasteiger partial charge in [-0.15, -0.1) is 0 Å². The van der Waals surface area contributed by atoms with Crippen LogP contribution in [0.15, 0.2) is 72.8 Å². The summed E-state index contributed by atoms with van der Waals surface area (Å²) in [6.07, 6.45) is 0.942. The van der Waals surface area contributed by atoms with Crippen LogP contribution in [-0.4, -0.2) is 17.6 Å². The molecule has 1 amide bonds. The highest BCUT2D eigenvalue weighted by atomic mass is 35.5. The van der Waals surface area contributed by atoms with E-state index in [1.807, 2.05) is 36.4 Å². The first-order chi connectivity index (χ1) is 13.5. The van der Waals surface area contributed by atoms with Crippen molar-refractivity contribution in [1.82, 2.24) is 5.32 Å². The molecule has 3 aromatic carbocycles. The van der Waals surface area contributed by atoms with Crippen molar-refractivity contribution in [1.29, 1.82) is 0 Å². The molecule has 3 nitrogen and oxygen atoms in total. The van der Waals surface area contributed by atoms with E-state index in [9.17, 15) is 9.90 Å². The number of carbonyl (C=O) groups excluding carboxylic acids is 1. The third-order valence-corrected chi connectivity index (χ3v) is 5.18. The molecule has 2 N–H and O–H groups in total. The van der Waals surface area contributed by atoms with Crippen molar-refractivity contribution in [3.05, 3.63) is 99.5 Å². The van der Waals surface area contributed by atoms with Gasteiger partial charge in [0.1, 0.15) is 0 Å².